The topological polar surface area (TPSA) is 118 Å². The smallest absolute Gasteiger partial charge is 0.341 e. The molecule has 33 heavy (non-hydrogen) atoms. The van der Waals surface area contributed by atoms with Gasteiger partial charge in [0.15, 0.2) is 5.16 Å². The summed E-state index contributed by atoms with van der Waals surface area (Å²) in [7, 11) is 0. The number of aromatic nitrogens is 4. The minimum absolute atomic E-state index is 0.0684. The van der Waals surface area contributed by atoms with Crippen molar-refractivity contribution in [3.63, 3.8) is 0 Å². The average Bonchev–Trinajstić information content (AvgIpc) is 3.33. The fraction of sp³-hybridized carbons (Fsp3) is 0.500. The van der Waals surface area contributed by atoms with Crippen molar-refractivity contribution in [3.8, 4) is 0 Å². The SMILES string of the molecule is CCOC(=O)c1c(NC(=O)C(C)Sc2nnc3[nH]c(=O)cc(C(C)C)n23)sc2c1CCCC2. The number of esters is 1. The summed E-state index contributed by atoms with van der Waals surface area (Å²) in [5.41, 5.74) is 2.03. The summed E-state index contributed by atoms with van der Waals surface area (Å²) in [5, 5.41) is 11.8. The van der Waals surface area contributed by atoms with Gasteiger partial charge in [-0.15, -0.1) is 21.5 Å². The molecule has 2 N–H and O–H groups in total. The molecule has 11 heteroatoms. The highest BCUT2D eigenvalue weighted by Crippen LogP contribution is 2.39. The lowest BCUT2D eigenvalue weighted by Gasteiger charge is -2.14. The summed E-state index contributed by atoms with van der Waals surface area (Å²) in [6, 6.07) is 1.53. The van der Waals surface area contributed by atoms with Crippen LogP contribution in [0.2, 0.25) is 0 Å². The minimum Gasteiger partial charge on any atom is -0.462 e. The van der Waals surface area contributed by atoms with Crippen molar-refractivity contribution in [3.05, 3.63) is 38.1 Å². The van der Waals surface area contributed by atoms with Gasteiger partial charge in [0.2, 0.25) is 11.7 Å². The van der Waals surface area contributed by atoms with Crippen LogP contribution in [0.3, 0.4) is 0 Å². The number of fused-ring (bicyclic) bond motifs is 2. The van der Waals surface area contributed by atoms with Crippen LogP contribution in [0, 0.1) is 0 Å². The summed E-state index contributed by atoms with van der Waals surface area (Å²) in [6.07, 6.45) is 3.84. The molecule has 1 unspecified atom stereocenters. The number of thioether (sulfide) groups is 1. The van der Waals surface area contributed by atoms with Gasteiger partial charge in [-0.3, -0.25) is 19.0 Å². The molecule has 0 fully saturated rings. The molecule has 1 aliphatic carbocycles. The second-order valence-electron chi connectivity index (χ2n) is 8.24. The van der Waals surface area contributed by atoms with E-state index in [0.717, 1.165) is 41.8 Å². The number of nitrogens with zero attached hydrogens (tertiary/aromatic N) is 3. The van der Waals surface area contributed by atoms with Gasteiger partial charge in [0, 0.05) is 16.6 Å². The largest absolute Gasteiger partial charge is 0.462 e. The molecule has 0 saturated carbocycles. The maximum Gasteiger partial charge on any atom is 0.341 e. The van der Waals surface area contributed by atoms with Gasteiger partial charge >= 0.3 is 5.97 Å². The fourth-order valence-electron chi connectivity index (χ4n) is 3.93. The highest BCUT2D eigenvalue weighted by molar-refractivity contribution is 8.00. The first-order valence-electron chi connectivity index (χ1n) is 11.1. The van der Waals surface area contributed by atoms with Crippen molar-refractivity contribution in [1.82, 2.24) is 19.6 Å². The van der Waals surface area contributed by atoms with Gasteiger partial charge < -0.3 is 10.1 Å². The molecule has 1 atom stereocenters. The molecule has 0 aliphatic heterocycles. The molecule has 0 aromatic carbocycles. The van der Waals surface area contributed by atoms with E-state index < -0.39 is 5.25 Å². The number of aryl methyl sites for hydroxylation is 1. The predicted molar refractivity (Wildman–Crippen MR) is 129 cm³/mol. The quantitative estimate of drug-likeness (QED) is 0.383. The molecule has 176 valence electrons. The van der Waals surface area contributed by atoms with E-state index >= 15 is 0 Å². The Morgan fingerprint density at radius 3 is 2.76 bits per heavy atom. The van der Waals surface area contributed by atoms with Crippen LogP contribution in [-0.4, -0.2) is 43.3 Å². The van der Waals surface area contributed by atoms with Crippen molar-refractivity contribution < 1.29 is 14.3 Å². The van der Waals surface area contributed by atoms with Crippen LogP contribution < -0.4 is 10.9 Å². The molecule has 3 aromatic rings. The van der Waals surface area contributed by atoms with E-state index in [2.05, 4.69) is 20.5 Å². The summed E-state index contributed by atoms with van der Waals surface area (Å²) < 4.78 is 7.05. The third kappa shape index (κ3) is 4.70. The zero-order valence-electron chi connectivity index (χ0n) is 19.1. The molecule has 4 rings (SSSR count). The molecule has 0 bridgehead atoms. The number of ether oxygens (including phenoxy) is 1. The lowest BCUT2D eigenvalue weighted by atomic mass is 9.95. The number of anilines is 1. The van der Waals surface area contributed by atoms with E-state index in [-0.39, 0.29) is 30.0 Å². The Bertz CT molecular complexity index is 1260. The summed E-state index contributed by atoms with van der Waals surface area (Å²) >= 11 is 2.71. The normalized spacial score (nSPS) is 14.3. The zero-order valence-corrected chi connectivity index (χ0v) is 20.7. The molecule has 1 amide bonds. The van der Waals surface area contributed by atoms with E-state index in [1.807, 2.05) is 13.8 Å². The molecule has 0 saturated heterocycles. The molecule has 9 nitrogen and oxygen atoms in total. The van der Waals surface area contributed by atoms with Gasteiger partial charge in [0.05, 0.1) is 17.4 Å². The van der Waals surface area contributed by atoms with E-state index in [0.29, 0.717) is 21.5 Å². The van der Waals surface area contributed by atoms with Crippen molar-refractivity contribution in [2.75, 3.05) is 11.9 Å². The van der Waals surface area contributed by atoms with Crippen molar-refractivity contribution in [1.29, 1.82) is 0 Å². The first kappa shape index (κ1) is 23.5. The summed E-state index contributed by atoms with van der Waals surface area (Å²) in [4.78, 5) is 41.5. The Morgan fingerprint density at radius 2 is 2.03 bits per heavy atom. The number of amides is 1. The first-order chi connectivity index (χ1) is 15.8. The fourth-order valence-corrected chi connectivity index (χ4v) is 6.08. The van der Waals surface area contributed by atoms with Crippen molar-refractivity contribution >= 4 is 45.8 Å². The molecular weight excluding hydrogens is 462 g/mol. The molecule has 3 heterocycles. The van der Waals surface area contributed by atoms with Crippen LogP contribution in [0.15, 0.2) is 16.0 Å². The third-order valence-corrected chi connectivity index (χ3v) is 7.79. The number of rotatable bonds is 7. The Labute approximate surface area is 199 Å². The Kier molecular flexibility index (Phi) is 6.89. The van der Waals surface area contributed by atoms with Gasteiger partial charge in [0.25, 0.3) is 5.56 Å². The zero-order chi connectivity index (χ0) is 23.7. The van der Waals surface area contributed by atoms with Crippen molar-refractivity contribution in [2.45, 2.75) is 69.7 Å². The Hall–Kier alpha value is -2.66. The van der Waals surface area contributed by atoms with Gasteiger partial charge in [-0.05, 0) is 51.0 Å². The number of hydrogen-bond donors (Lipinski definition) is 2. The number of H-pyrrole nitrogens is 1. The minimum atomic E-state index is -0.515. The maximum absolute atomic E-state index is 13.1. The molecular formula is C22H27N5O4S2. The van der Waals surface area contributed by atoms with Gasteiger partial charge in [-0.2, -0.15) is 0 Å². The summed E-state index contributed by atoms with van der Waals surface area (Å²) in [5.74, 6) is -0.214. The van der Waals surface area contributed by atoms with Crippen LogP contribution >= 0.6 is 23.1 Å². The van der Waals surface area contributed by atoms with E-state index in [1.54, 1.807) is 18.2 Å². The molecule has 1 aliphatic rings. The highest BCUT2D eigenvalue weighted by Gasteiger charge is 2.29. The van der Waals surface area contributed by atoms with Gasteiger partial charge in [-0.25, -0.2) is 4.79 Å². The lowest BCUT2D eigenvalue weighted by molar-refractivity contribution is -0.115. The number of aromatic amines is 1. The number of carbonyl (C=O) groups excluding carboxylic acids is 2. The monoisotopic (exact) mass is 489 g/mol. The standard InChI is InChI=1S/C22H27N5O4S2/c1-5-31-20(30)17-13-8-6-7-9-15(13)33-19(17)24-18(29)12(4)32-22-26-25-21-23-16(28)10-14(11(2)3)27(21)22/h10-12H,5-9H2,1-4H3,(H,24,29)(H,23,25,28). The van der Waals surface area contributed by atoms with E-state index in [1.165, 1.54) is 29.2 Å². The second kappa shape index (κ2) is 9.68. The van der Waals surface area contributed by atoms with Crippen LogP contribution in [0.1, 0.15) is 72.9 Å². The highest BCUT2D eigenvalue weighted by atomic mass is 32.2. The van der Waals surface area contributed by atoms with Crippen LogP contribution in [0.25, 0.3) is 5.78 Å². The number of hydrogen-bond acceptors (Lipinski definition) is 8. The molecule has 3 aromatic heterocycles. The second-order valence-corrected chi connectivity index (χ2v) is 10.7. The Morgan fingerprint density at radius 1 is 1.27 bits per heavy atom. The van der Waals surface area contributed by atoms with Crippen molar-refractivity contribution in [2.24, 2.45) is 0 Å². The van der Waals surface area contributed by atoms with Crippen LogP contribution in [0.5, 0.6) is 0 Å². The van der Waals surface area contributed by atoms with Crippen LogP contribution in [-0.2, 0) is 22.4 Å². The lowest BCUT2D eigenvalue weighted by Crippen LogP contribution is -2.24. The number of carbonyl (C=O) groups is 2. The van der Waals surface area contributed by atoms with E-state index in [4.69, 9.17) is 4.74 Å². The average molecular weight is 490 g/mol. The molecule has 0 radical (unpaired) electrons. The number of thiophene rings is 1. The Balaban J connectivity index is 1.59. The first-order valence-corrected chi connectivity index (χ1v) is 12.8. The molecule has 0 spiro atoms. The third-order valence-electron chi connectivity index (χ3n) is 5.54. The maximum atomic E-state index is 13.1. The summed E-state index contributed by atoms with van der Waals surface area (Å²) in [6.45, 7) is 7.79. The van der Waals surface area contributed by atoms with Crippen LogP contribution in [0.4, 0.5) is 5.00 Å². The van der Waals surface area contributed by atoms with Gasteiger partial charge in [-0.1, -0.05) is 25.6 Å². The predicted octanol–water partition coefficient (Wildman–Crippen LogP) is 3.78. The van der Waals surface area contributed by atoms with Gasteiger partial charge in [0.1, 0.15) is 5.00 Å². The van der Waals surface area contributed by atoms with E-state index in [9.17, 15) is 14.4 Å². The number of nitrogens with one attached hydrogen (secondary N) is 2.